The monoisotopic (exact) mass is 336 g/mol. The molecule has 2 rings (SSSR count). The van der Waals surface area contributed by atoms with E-state index in [0.717, 1.165) is 17.0 Å². The van der Waals surface area contributed by atoms with Crippen LogP contribution in [-0.4, -0.2) is 28.7 Å². The summed E-state index contributed by atoms with van der Waals surface area (Å²) in [5.74, 6) is 1.35. The molecule has 0 aromatic heterocycles. The predicted molar refractivity (Wildman–Crippen MR) is 89.5 cm³/mol. The number of methoxy groups -OCH3 is 1. The van der Waals surface area contributed by atoms with Gasteiger partial charge in [-0.2, -0.15) is 0 Å². The number of sulfonamides is 1. The van der Waals surface area contributed by atoms with Crippen molar-refractivity contribution in [3.8, 4) is 11.5 Å². The molecule has 0 atom stereocenters. The number of hydrogen-bond acceptors (Lipinski definition) is 5. The van der Waals surface area contributed by atoms with E-state index >= 15 is 0 Å². The maximum Gasteiger partial charge on any atom is 0.238 e. The van der Waals surface area contributed by atoms with Gasteiger partial charge >= 0.3 is 0 Å². The number of nitrogens with two attached hydrogens (primary N) is 1. The Morgan fingerprint density at radius 2 is 1.83 bits per heavy atom. The SMILES string of the molecule is COc1ccc(C)cc1NCCOc1ccc(S(N)(=O)=O)cc1. The third kappa shape index (κ3) is 4.87. The van der Waals surface area contributed by atoms with Crippen LogP contribution in [0.2, 0.25) is 0 Å². The first-order chi connectivity index (χ1) is 10.9. The summed E-state index contributed by atoms with van der Waals surface area (Å²) >= 11 is 0. The van der Waals surface area contributed by atoms with Gasteiger partial charge in [0.15, 0.2) is 0 Å². The van der Waals surface area contributed by atoms with Crippen molar-refractivity contribution in [2.45, 2.75) is 11.8 Å². The van der Waals surface area contributed by atoms with Crippen LogP contribution in [0.1, 0.15) is 5.56 Å². The number of rotatable bonds is 7. The largest absolute Gasteiger partial charge is 0.495 e. The molecule has 0 spiro atoms. The van der Waals surface area contributed by atoms with Crippen molar-refractivity contribution in [3.63, 3.8) is 0 Å². The standard InChI is InChI=1S/C16H20N2O4S/c1-12-3-8-16(21-2)15(11-12)18-9-10-22-13-4-6-14(7-5-13)23(17,19)20/h3-8,11,18H,9-10H2,1-2H3,(H2,17,19,20). The van der Waals surface area contributed by atoms with E-state index in [4.69, 9.17) is 14.6 Å². The summed E-state index contributed by atoms with van der Waals surface area (Å²) in [6, 6.07) is 11.9. The van der Waals surface area contributed by atoms with E-state index in [9.17, 15) is 8.42 Å². The Morgan fingerprint density at radius 3 is 2.43 bits per heavy atom. The number of anilines is 1. The number of ether oxygens (including phenoxy) is 2. The van der Waals surface area contributed by atoms with E-state index in [1.165, 1.54) is 12.1 Å². The van der Waals surface area contributed by atoms with Gasteiger partial charge in [-0.15, -0.1) is 0 Å². The normalized spacial score (nSPS) is 11.1. The highest BCUT2D eigenvalue weighted by molar-refractivity contribution is 7.89. The van der Waals surface area contributed by atoms with Crippen LogP contribution in [0.25, 0.3) is 0 Å². The molecule has 0 saturated carbocycles. The Kier molecular flexibility index (Phi) is 5.46. The van der Waals surface area contributed by atoms with Gasteiger partial charge in [0.2, 0.25) is 10.0 Å². The first kappa shape index (κ1) is 17.1. The van der Waals surface area contributed by atoms with Crippen LogP contribution in [0.15, 0.2) is 47.4 Å². The predicted octanol–water partition coefficient (Wildman–Crippen LogP) is 2.14. The molecule has 0 unspecified atom stereocenters. The number of primary sulfonamides is 1. The fourth-order valence-electron chi connectivity index (χ4n) is 2.04. The van der Waals surface area contributed by atoms with Gasteiger partial charge < -0.3 is 14.8 Å². The van der Waals surface area contributed by atoms with Crippen LogP contribution in [0.5, 0.6) is 11.5 Å². The second-order valence-electron chi connectivity index (χ2n) is 5.00. The lowest BCUT2D eigenvalue weighted by Crippen LogP contribution is -2.13. The summed E-state index contributed by atoms with van der Waals surface area (Å²) in [7, 11) is -2.05. The molecular weight excluding hydrogens is 316 g/mol. The lowest BCUT2D eigenvalue weighted by molar-refractivity contribution is 0.332. The van der Waals surface area contributed by atoms with Gasteiger partial charge in [-0.3, -0.25) is 0 Å². The number of benzene rings is 2. The third-order valence-electron chi connectivity index (χ3n) is 3.19. The third-order valence-corrected chi connectivity index (χ3v) is 4.12. The Balaban J connectivity index is 1.87. The molecular formula is C16H20N2O4S. The van der Waals surface area contributed by atoms with E-state index < -0.39 is 10.0 Å². The maximum atomic E-state index is 11.2. The minimum absolute atomic E-state index is 0.0625. The van der Waals surface area contributed by atoms with Gasteiger partial charge in [0.25, 0.3) is 0 Å². The van der Waals surface area contributed by atoms with Crippen molar-refractivity contribution in [2.75, 3.05) is 25.6 Å². The zero-order valence-electron chi connectivity index (χ0n) is 13.1. The summed E-state index contributed by atoms with van der Waals surface area (Å²) in [4.78, 5) is 0.0625. The summed E-state index contributed by atoms with van der Waals surface area (Å²) in [6.07, 6.45) is 0. The zero-order chi connectivity index (χ0) is 16.9. The Hall–Kier alpha value is -2.25. The van der Waals surface area contributed by atoms with Crippen molar-refractivity contribution >= 4 is 15.7 Å². The molecule has 7 heteroatoms. The molecule has 3 N–H and O–H groups in total. The lowest BCUT2D eigenvalue weighted by atomic mass is 10.2. The van der Waals surface area contributed by atoms with Gasteiger partial charge in [-0.05, 0) is 48.9 Å². The molecule has 0 fully saturated rings. The average Bonchev–Trinajstić information content (AvgIpc) is 2.51. The first-order valence-corrected chi connectivity index (χ1v) is 8.59. The van der Waals surface area contributed by atoms with Gasteiger partial charge in [0.1, 0.15) is 18.1 Å². The maximum absolute atomic E-state index is 11.2. The molecule has 6 nitrogen and oxygen atoms in total. The highest BCUT2D eigenvalue weighted by atomic mass is 32.2. The van der Waals surface area contributed by atoms with Crippen molar-refractivity contribution in [2.24, 2.45) is 5.14 Å². The highest BCUT2D eigenvalue weighted by Crippen LogP contribution is 2.24. The summed E-state index contributed by atoms with van der Waals surface area (Å²) in [6.45, 7) is 3.01. The molecule has 0 aliphatic heterocycles. The van der Waals surface area contributed by atoms with Crippen LogP contribution in [0, 0.1) is 6.92 Å². The van der Waals surface area contributed by atoms with E-state index in [1.807, 2.05) is 25.1 Å². The van der Waals surface area contributed by atoms with Gasteiger partial charge in [0.05, 0.1) is 17.7 Å². The summed E-state index contributed by atoms with van der Waals surface area (Å²) in [5.41, 5.74) is 2.04. The van der Waals surface area contributed by atoms with Crippen molar-refractivity contribution < 1.29 is 17.9 Å². The van der Waals surface area contributed by atoms with Crippen LogP contribution in [-0.2, 0) is 10.0 Å². The molecule has 0 aliphatic rings. The average molecular weight is 336 g/mol. The molecule has 2 aromatic carbocycles. The van der Waals surface area contributed by atoms with Gasteiger partial charge in [0, 0.05) is 6.54 Å². The van der Waals surface area contributed by atoms with E-state index in [1.54, 1.807) is 19.2 Å². The topological polar surface area (TPSA) is 90.7 Å². The molecule has 2 aromatic rings. The molecule has 0 aliphatic carbocycles. The van der Waals surface area contributed by atoms with Crippen LogP contribution >= 0.6 is 0 Å². The fourth-order valence-corrected chi connectivity index (χ4v) is 2.56. The number of nitrogens with one attached hydrogen (secondary N) is 1. The van der Waals surface area contributed by atoms with Crippen LogP contribution < -0.4 is 19.9 Å². The molecule has 0 bridgehead atoms. The highest BCUT2D eigenvalue weighted by Gasteiger charge is 2.07. The molecule has 124 valence electrons. The molecule has 0 radical (unpaired) electrons. The summed E-state index contributed by atoms with van der Waals surface area (Å²) < 4.78 is 33.2. The minimum Gasteiger partial charge on any atom is -0.495 e. The molecule has 0 amide bonds. The van der Waals surface area contributed by atoms with Crippen molar-refractivity contribution in [1.29, 1.82) is 0 Å². The lowest BCUT2D eigenvalue weighted by Gasteiger charge is -2.12. The van der Waals surface area contributed by atoms with Crippen molar-refractivity contribution in [3.05, 3.63) is 48.0 Å². The Labute approximate surface area is 136 Å². The van der Waals surface area contributed by atoms with Crippen LogP contribution in [0.3, 0.4) is 0 Å². The number of aryl methyl sites for hydroxylation is 1. The van der Waals surface area contributed by atoms with E-state index in [2.05, 4.69) is 5.32 Å². The first-order valence-electron chi connectivity index (χ1n) is 7.04. The van der Waals surface area contributed by atoms with E-state index in [0.29, 0.717) is 18.9 Å². The van der Waals surface area contributed by atoms with Crippen LogP contribution in [0.4, 0.5) is 5.69 Å². The summed E-state index contributed by atoms with van der Waals surface area (Å²) in [5, 5.41) is 8.29. The fraction of sp³-hybridized carbons (Fsp3) is 0.250. The second-order valence-corrected chi connectivity index (χ2v) is 6.56. The number of hydrogen-bond donors (Lipinski definition) is 2. The zero-order valence-corrected chi connectivity index (χ0v) is 13.9. The van der Waals surface area contributed by atoms with Gasteiger partial charge in [-0.1, -0.05) is 6.07 Å². The Morgan fingerprint density at radius 1 is 1.13 bits per heavy atom. The smallest absolute Gasteiger partial charge is 0.238 e. The van der Waals surface area contributed by atoms with Crippen molar-refractivity contribution in [1.82, 2.24) is 0 Å². The molecule has 0 heterocycles. The van der Waals surface area contributed by atoms with E-state index in [-0.39, 0.29) is 4.90 Å². The van der Waals surface area contributed by atoms with Gasteiger partial charge in [-0.25, -0.2) is 13.6 Å². The Bertz CT molecular complexity index is 758. The molecule has 0 saturated heterocycles. The molecule has 23 heavy (non-hydrogen) atoms. The second kappa shape index (κ2) is 7.34. The minimum atomic E-state index is -3.67. The quantitative estimate of drug-likeness (QED) is 0.756.